The van der Waals surface area contributed by atoms with Crippen LogP contribution in [0.2, 0.25) is 0 Å². The van der Waals surface area contributed by atoms with Crippen molar-refractivity contribution in [3.8, 4) is 0 Å². The van der Waals surface area contributed by atoms with E-state index in [-0.39, 0.29) is 0 Å². The summed E-state index contributed by atoms with van der Waals surface area (Å²) < 4.78 is 5.78. The predicted molar refractivity (Wildman–Crippen MR) is 62.7 cm³/mol. The zero-order valence-corrected chi connectivity index (χ0v) is 9.23. The molecule has 3 rings (SSSR count). The number of rotatable bonds is 1. The molecule has 0 spiro atoms. The number of hydrogen-bond acceptors (Lipinski definition) is 2. The molecule has 0 amide bonds. The normalized spacial score (nSPS) is 28.1. The zero-order chi connectivity index (χ0) is 11.0. The Balaban J connectivity index is 1.76. The van der Waals surface area contributed by atoms with E-state index < -0.39 is 0 Å². The highest BCUT2D eigenvalue weighted by molar-refractivity contribution is 5.96. The van der Waals surface area contributed by atoms with Gasteiger partial charge in [-0.1, -0.05) is 30.3 Å². The van der Waals surface area contributed by atoms with Crippen LogP contribution in [-0.4, -0.2) is 36.0 Å². The summed E-state index contributed by atoms with van der Waals surface area (Å²) in [6.07, 6.45) is 3.01. The van der Waals surface area contributed by atoms with Gasteiger partial charge in [-0.15, -0.1) is 0 Å². The van der Waals surface area contributed by atoms with Crippen LogP contribution in [0.4, 0.5) is 0 Å². The first-order chi connectivity index (χ1) is 7.83. The highest BCUT2D eigenvalue weighted by atomic mass is 16.5. The first-order valence-electron chi connectivity index (χ1n) is 5.87. The summed E-state index contributed by atoms with van der Waals surface area (Å²) in [4.78, 5) is 2.15. The summed E-state index contributed by atoms with van der Waals surface area (Å²) in [6.45, 7) is 1.76. The SMILES string of the molecule is N=C(c1ccccc1)N1CC2CCC(C1)O2. The molecule has 2 aliphatic rings. The van der Waals surface area contributed by atoms with Crippen LogP contribution in [0, 0.1) is 5.41 Å². The Morgan fingerprint density at radius 3 is 2.38 bits per heavy atom. The van der Waals surface area contributed by atoms with E-state index in [4.69, 9.17) is 10.1 Å². The molecule has 0 saturated carbocycles. The van der Waals surface area contributed by atoms with Gasteiger partial charge in [0.05, 0.1) is 12.2 Å². The lowest BCUT2D eigenvalue weighted by atomic mass is 10.1. The monoisotopic (exact) mass is 216 g/mol. The second kappa shape index (κ2) is 3.91. The van der Waals surface area contributed by atoms with Crippen molar-refractivity contribution < 1.29 is 4.74 Å². The maximum absolute atomic E-state index is 8.20. The molecule has 0 aliphatic carbocycles. The number of hydrogen-bond donors (Lipinski definition) is 1. The predicted octanol–water partition coefficient (Wildman–Crippen LogP) is 1.88. The fraction of sp³-hybridized carbons (Fsp3) is 0.462. The molecule has 2 saturated heterocycles. The second-order valence-corrected chi connectivity index (χ2v) is 4.58. The third-order valence-electron chi connectivity index (χ3n) is 3.41. The van der Waals surface area contributed by atoms with Gasteiger partial charge in [0.2, 0.25) is 0 Å². The van der Waals surface area contributed by atoms with Crippen molar-refractivity contribution in [3.63, 3.8) is 0 Å². The van der Waals surface area contributed by atoms with E-state index in [2.05, 4.69) is 4.90 Å². The van der Waals surface area contributed by atoms with Crippen LogP contribution in [0.3, 0.4) is 0 Å². The standard InChI is InChI=1S/C13H16N2O/c14-13(10-4-2-1-3-5-10)15-8-11-6-7-12(9-15)16-11/h1-5,11-12,14H,6-9H2. The van der Waals surface area contributed by atoms with Crippen LogP contribution in [0.1, 0.15) is 18.4 Å². The van der Waals surface area contributed by atoms with E-state index in [0.29, 0.717) is 18.0 Å². The summed E-state index contributed by atoms with van der Waals surface area (Å²) in [5.41, 5.74) is 1.00. The molecular formula is C13H16N2O. The summed E-state index contributed by atoms with van der Waals surface area (Å²) in [5, 5.41) is 8.20. The number of benzene rings is 1. The largest absolute Gasteiger partial charge is 0.371 e. The molecular weight excluding hydrogens is 200 g/mol. The molecule has 2 bridgehead atoms. The lowest BCUT2D eigenvalue weighted by Crippen LogP contribution is -2.45. The Morgan fingerprint density at radius 1 is 1.12 bits per heavy atom. The molecule has 2 atom stereocenters. The molecule has 0 aromatic heterocycles. The number of ether oxygens (including phenoxy) is 1. The summed E-state index contributed by atoms with van der Waals surface area (Å²) in [7, 11) is 0. The van der Waals surface area contributed by atoms with Crippen molar-refractivity contribution in [2.75, 3.05) is 13.1 Å². The van der Waals surface area contributed by atoms with Gasteiger partial charge >= 0.3 is 0 Å². The lowest BCUT2D eigenvalue weighted by Gasteiger charge is -2.33. The summed E-state index contributed by atoms with van der Waals surface area (Å²) in [5.74, 6) is 0.640. The van der Waals surface area contributed by atoms with Crippen molar-refractivity contribution in [3.05, 3.63) is 35.9 Å². The van der Waals surface area contributed by atoms with Gasteiger partial charge in [0, 0.05) is 18.7 Å². The molecule has 1 aromatic rings. The third-order valence-corrected chi connectivity index (χ3v) is 3.41. The van der Waals surface area contributed by atoms with Gasteiger partial charge in [0.25, 0.3) is 0 Å². The van der Waals surface area contributed by atoms with Gasteiger partial charge in [-0.2, -0.15) is 0 Å². The van der Waals surface area contributed by atoms with Gasteiger partial charge in [0.15, 0.2) is 0 Å². The number of likely N-dealkylation sites (tertiary alicyclic amines) is 1. The van der Waals surface area contributed by atoms with Crippen molar-refractivity contribution in [2.24, 2.45) is 0 Å². The molecule has 2 unspecified atom stereocenters. The van der Waals surface area contributed by atoms with E-state index in [0.717, 1.165) is 31.5 Å². The van der Waals surface area contributed by atoms with Crippen LogP contribution in [0.5, 0.6) is 0 Å². The summed E-state index contributed by atoms with van der Waals surface area (Å²) >= 11 is 0. The van der Waals surface area contributed by atoms with Crippen LogP contribution in [-0.2, 0) is 4.74 Å². The molecule has 84 valence electrons. The lowest BCUT2D eigenvalue weighted by molar-refractivity contribution is -0.0157. The molecule has 1 aromatic carbocycles. The number of nitrogens with zero attached hydrogens (tertiary/aromatic N) is 1. The minimum Gasteiger partial charge on any atom is -0.371 e. The van der Waals surface area contributed by atoms with Crippen LogP contribution in [0.25, 0.3) is 0 Å². The van der Waals surface area contributed by atoms with Crippen LogP contribution >= 0.6 is 0 Å². The van der Waals surface area contributed by atoms with Gasteiger partial charge in [-0.05, 0) is 12.8 Å². The van der Waals surface area contributed by atoms with Crippen LogP contribution < -0.4 is 0 Å². The molecule has 1 N–H and O–H groups in total. The smallest absolute Gasteiger partial charge is 0.128 e. The van der Waals surface area contributed by atoms with E-state index >= 15 is 0 Å². The highest BCUT2D eigenvalue weighted by Gasteiger charge is 2.34. The van der Waals surface area contributed by atoms with E-state index in [1.165, 1.54) is 0 Å². The number of fused-ring (bicyclic) bond motifs is 2. The maximum atomic E-state index is 8.20. The molecule has 3 nitrogen and oxygen atoms in total. The zero-order valence-electron chi connectivity index (χ0n) is 9.23. The topological polar surface area (TPSA) is 36.3 Å². The average molecular weight is 216 g/mol. The van der Waals surface area contributed by atoms with Crippen molar-refractivity contribution >= 4 is 5.84 Å². The van der Waals surface area contributed by atoms with Gasteiger partial charge in [-0.25, -0.2) is 0 Å². The molecule has 3 heteroatoms. The minimum absolute atomic E-state index is 0.350. The molecule has 2 heterocycles. The first kappa shape index (κ1) is 9.85. The molecule has 2 fully saturated rings. The Bertz CT molecular complexity index is 378. The van der Waals surface area contributed by atoms with Gasteiger partial charge in [0.1, 0.15) is 5.84 Å². The molecule has 16 heavy (non-hydrogen) atoms. The quantitative estimate of drug-likeness (QED) is 0.574. The van der Waals surface area contributed by atoms with E-state index in [9.17, 15) is 0 Å². The summed E-state index contributed by atoms with van der Waals surface area (Å²) in [6, 6.07) is 9.96. The van der Waals surface area contributed by atoms with E-state index in [1.807, 2.05) is 30.3 Å². The molecule has 2 aliphatic heterocycles. The Morgan fingerprint density at radius 2 is 1.75 bits per heavy atom. The first-order valence-corrected chi connectivity index (χ1v) is 5.87. The minimum atomic E-state index is 0.350. The maximum Gasteiger partial charge on any atom is 0.128 e. The molecule has 0 radical (unpaired) electrons. The highest BCUT2D eigenvalue weighted by Crippen LogP contribution is 2.26. The van der Waals surface area contributed by atoms with Gasteiger partial charge < -0.3 is 9.64 Å². The average Bonchev–Trinajstić information content (AvgIpc) is 2.68. The van der Waals surface area contributed by atoms with Crippen molar-refractivity contribution in [1.29, 1.82) is 5.41 Å². The fourth-order valence-electron chi connectivity index (χ4n) is 2.58. The Kier molecular flexibility index (Phi) is 2.40. The Labute approximate surface area is 95.5 Å². The van der Waals surface area contributed by atoms with E-state index in [1.54, 1.807) is 0 Å². The number of morpholine rings is 1. The Hall–Kier alpha value is -1.35. The second-order valence-electron chi connectivity index (χ2n) is 4.58. The fourth-order valence-corrected chi connectivity index (χ4v) is 2.58. The van der Waals surface area contributed by atoms with Crippen molar-refractivity contribution in [2.45, 2.75) is 25.0 Å². The third kappa shape index (κ3) is 1.71. The van der Waals surface area contributed by atoms with Crippen molar-refractivity contribution in [1.82, 2.24) is 4.90 Å². The van der Waals surface area contributed by atoms with Crippen LogP contribution in [0.15, 0.2) is 30.3 Å². The number of nitrogens with one attached hydrogen (secondary N) is 1. The number of amidine groups is 1. The van der Waals surface area contributed by atoms with Gasteiger partial charge in [-0.3, -0.25) is 5.41 Å².